The smallest absolute Gasteiger partial charge is 0.269 e. The molecular formula is C18H18N4O2S2. The molecule has 0 bridgehead atoms. The van der Waals surface area contributed by atoms with Gasteiger partial charge < -0.3 is 0 Å². The maximum atomic E-state index is 12.5. The van der Waals surface area contributed by atoms with E-state index in [1.54, 1.807) is 18.0 Å². The number of carbonyl (C=O) groups excluding carboxylic acids is 2. The second-order valence-corrected chi connectivity index (χ2v) is 7.94. The van der Waals surface area contributed by atoms with Gasteiger partial charge in [0.2, 0.25) is 5.91 Å². The van der Waals surface area contributed by atoms with E-state index in [0.29, 0.717) is 27.4 Å². The topological polar surface area (TPSA) is 75.2 Å². The summed E-state index contributed by atoms with van der Waals surface area (Å²) >= 11 is 2.62. The zero-order valence-corrected chi connectivity index (χ0v) is 16.3. The number of carbonyl (C=O) groups is 2. The van der Waals surface area contributed by atoms with Crippen LogP contribution in [0.1, 0.15) is 32.7 Å². The molecule has 0 unspecified atom stereocenters. The van der Waals surface area contributed by atoms with Gasteiger partial charge >= 0.3 is 0 Å². The Morgan fingerprint density at radius 1 is 1.15 bits per heavy atom. The van der Waals surface area contributed by atoms with Crippen LogP contribution in [0.15, 0.2) is 36.5 Å². The van der Waals surface area contributed by atoms with Crippen LogP contribution in [0.4, 0.5) is 10.3 Å². The third-order valence-electron chi connectivity index (χ3n) is 3.63. The standard InChI is InChI=1S/C18H18N4O2S2/c1-11-9-19-17(25-11)21-16(24)15-12(2)20-18(26-15)22(13(3)23)10-14-7-5-4-6-8-14/h4-9H,10H2,1-3H3,(H,19,21,24). The van der Waals surface area contributed by atoms with Gasteiger partial charge in [-0.2, -0.15) is 0 Å². The minimum absolute atomic E-state index is 0.120. The van der Waals surface area contributed by atoms with Crippen molar-refractivity contribution >= 4 is 44.8 Å². The summed E-state index contributed by atoms with van der Waals surface area (Å²) in [5.74, 6) is -0.381. The second kappa shape index (κ2) is 7.76. The van der Waals surface area contributed by atoms with Gasteiger partial charge in [-0.05, 0) is 19.4 Å². The minimum Gasteiger partial charge on any atom is -0.297 e. The van der Waals surface area contributed by atoms with Crippen LogP contribution in [-0.4, -0.2) is 21.8 Å². The number of rotatable bonds is 5. The van der Waals surface area contributed by atoms with E-state index in [9.17, 15) is 9.59 Å². The molecular weight excluding hydrogens is 368 g/mol. The number of nitrogens with one attached hydrogen (secondary N) is 1. The highest BCUT2D eigenvalue weighted by atomic mass is 32.1. The van der Waals surface area contributed by atoms with Crippen molar-refractivity contribution < 1.29 is 9.59 Å². The summed E-state index contributed by atoms with van der Waals surface area (Å²) in [7, 11) is 0. The van der Waals surface area contributed by atoms with Crippen LogP contribution in [-0.2, 0) is 11.3 Å². The van der Waals surface area contributed by atoms with E-state index in [2.05, 4.69) is 15.3 Å². The van der Waals surface area contributed by atoms with Crippen molar-refractivity contribution in [2.75, 3.05) is 10.2 Å². The Balaban J connectivity index is 1.82. The fraction of sp³-hybridized carbons (Fsp3) is 0.222. The fourth-order valence-electron chi connectivity index (χ4n) is 2.35. The van der Waals surface area contributed by atoms with Crippen LogP contribution in [0, 0.1) is 13.8 Å². The van der Waals surface area contributed by atoms with Crippen molar-refractivity contribution in [1.29, 1.82) is 0 Å². The molecule has 0 saturated carbocycles. The van der Waals surface area contributed by atoms with Gasteiger partial charge in [0.1, 0.15) is 4.88 Å². The Labute approximate surface area is 159 Å². The monoisotopic (exact) mass is 386 g/mol. The molecule has 3 aromatic rings. The molecule has 0 atom stereocenters. The normalized spacial score (nSPS) is 10.6. The van der Waals surface area contributed by atoms with Gasteiger partial charge in [-0.15, -0.1) is 11.3 Å². The van der Waals surface area contributed by atoms with Crippen LogP contribution in [0.2, 0.25) is 0 Å². The molecule has 2 heterocycles. The summed E-state index contributed by atoms with van der Waals surface area (Å²) in [5.41, 5.74) is 1.59. The third kappa shape index (κ3) is 4.14. The van der Waals surface area contributed by atoms with Crippen LogP contribution in [0.5, 0.6) is 0 Å². The number of nitrogens with zero attached hydrogens (tertiary/aromatic N) is 3. The number of aromatic nitrogens is 2. The van der Waals surface area contributed by atoms with E-state index in [-0.39, 0.29) is 11.8 Å². The Morgan fingerprint density at radius 2 is 1.88 bits per heavy atom. The summed E-state index contributed by atoms with van der Waals surface area (Å²) in [6.07, 6.45) is 1.71. The van der Waals surface area contributed by atoms with Crippen molar-refractivity contribution in [3.63, 3.8) is 0 Å². The first-order chi connectivity index (χ1) is 12.4. The zero-order chi connectivity index (χ0) is 18.7. The zero-order valence-electron chi connectivity index (χ0n) is 14.6. The Kier molecular flexibility index (Phi) is 5.43. The molecule has 2 aromatic heterocycles. The summed E-state index contributed by atoms with van der Waals surface area (Å²) < 4.78 is 0. The van der Waals surface area contributed by atoms with Crippen molar-refractivity contribution in [2.45, 2.75) is 27.3 Å². The van der Waals surface area contributed by atoms with E-state index in [4.69, 9.17) is 0 Å². The minimum atomic E-state index is -0.260. The number of benzene rings is 1. The molecule has 26 heavy (non-hydrogen) atoms. The largest absolute Gasteiger partial charge is 0.297 e. The van der Waals surface area contributed by atoms with E-state index < -0.39 is 0 Å². The summed E-state index contributed by atoms with van der Waals surface area (Å²) in [6.45, 7) is 5.61. The molecule has 0 aliphatic heterocycles. The predicted molar refractivity (Wildman–Crippen MR) is 105 cm³/mol. The fourth-order valence-corrected chi connectivity index (χ4v) is 4.02. The highest BCUT2D eigenvalue weighted by Crippen LogP contribution is 2.29. The lowest BCUT2D eigenvalue weighted by molar-refractivity contribution is -0.116. The van der Waals surface area contributed by atoms with Gasteiger partial charge in [0, 0.05) is 18.0 Å². The van der Waals surface area contributed by atoms with Gasteiger partial charge in [0.25, 0.3) is 5.91 Å². The average Bonchev–Trinajstić information content (AvgIpc) is 3.19. The van der Waals surface area contributed by atoms with Gasteiger partial charge in [0.05, 0.1) is 12.2 Å². The highest BCUT2D eigenvalue weighted by molar-refractivity contribution is 7.18. The molecule has 3 rings (SSSR count). The molecule has 0 aliphatic rings. The molecule has 6 nitrogen and oxygen atoms in total. The molecule has 134 valence electrons. The number of anilines is 2. The number of hydrogen-bond donors (Lipinski definition) is 1. The lowest BCUT2D eigenvalue weighted by atomic mass is 10.2. The second-order valence-electron chi connectivity index (χ2n) is 5.73. The summed E-state index contributed by atoms with van der Waals surface area (Å²) in [4.78, 5) is 36.3. The van der Waals surface area contributed by atoms with E-state index in [0.717, 1.165) is 10.4 Å². The molecule has 0 radical (unpaired) electrons. The first kappa shape index (κ1) is 18.2. The molecule has 2 amide bonds. The molecule has 0 fully saturated rings. The number of hydrogen-bond acceptors (Lipinski definition) is 6. The maximum absolute atomic E-state index is 12.5. The van der Waals surface area contributed by atoms with Gasteiger partial charge in [-0.3, -0.25) is 19.8 Å². The number of aryl methyl sites for hydroxylation is 2. The number of amides is 2. The maximum Gasteiger partial charge on any atom is 0.269 e. The first-order valence-electron chi connectivity index (χ1n) is 7.97. The quantitative estimate of drug-likeness (QED) is 0.718. The van der Waals surface area contributed by atoms with E-state index in [1.807, 2.05) is 37.3 Å². The van der Waals surface area contributed by atoms with Crippen LogP contribution < -0.4 is 10.2 Å². The molecule has 0 spiro atoms. The lowest BCUT2D eigenvalue weighted by Gasteiger charge is -2.17. The SMILES string of the molecule is CC(=O)N(Cc1ccccc1)c1nc(C)c(C(=O)Nc2ncc(C)s2)s1. The van der Waals surface area contributed by atoms with Crippen LogP contribution in [0.3, 0.4) is 0 Å². The van der Waals surface area contributed by atoms with Gasteiger partial charge in [-0.25, -0.2) is 9.97 Å². The van der Waals surface area contributed by atoms with Crippen LogP contribution in [0.25, 0.3) is 0 Å². The van der Waals surface area contributed by atoms with Crippen molar-refractivity contribution in [3.05, 3.63) is 57.5 Å². The van der Waals surface area contributed by atoms with Gasteiger partial charge in [-0.1, -0.05) is 41.7 Å². The first-order valence-corrected chi connectivity index (χ1v) is 9.60. The number of thiazole rings is 2. The summed E-state index contributed by atoms with van der Waals surface area (Å²) in [6, 6.07) is 9.69. The Morgan fingerprint density at radius 3 is 2.50 bits per heavy atom. The Bertz CT molecular complexity index is 934. The van der Waals surface area contributed by atoms with Crippen LogP contribution >= 0.6 is 22.7 Å². The van der Waals surface area contributed by atoms with E-state index in [1.165, 1.54) is 29.6 Å². The van der Waals surface area contributed by atoms with Crippen molar-refractivity contribution in [3.8, 4) is 0 Å². The highest BCUT2D eigenvalue weighted by Gasteiger charge is 2.22. The average molecular weight is 387 g/mol. The third-order valence-corrected chi connectivity index (χ3v) is 5.64. The van der Waals surface area contributed by atoms with Crippen molar-refractivity contribution in [2.24, 2.45) is 0 Å². The Hall–Kier alpha value is -2.58. The molecule has 0 aliphatic carbocycles. The van der Waals surface area contributed by atoms with Gasteiger partial charge in [0.15, 0.2) is 10.3 Å². The summed E-state index contributed by atoms with van der Waals surface area (Å²) in [5, 5.41) is 3.85. The molecule has 8 heteroatoms. The lowest BCUT2D eigenvalue weighted by Crippen LogP contribution is -2.27. The predicted octanol–water partition coefficient (Wildman–Crippen LogP) is 4.02. The molecule has 0 saturated heterocycles. The van der Waals surface area contributed by atoms with E-state index >= 15 is 0 Å². The molecule has 1 N–H and O–H groups in total. The van der Waals surface area contributed by atoms with Crippen molar-refractivity contribution in [1.82, 2.24) is 9.97 Å². The molecule has 1 aromatic carbocycles.